The van der Waals surface area contributed by atoms with Gasteiger partial charge in [0.25, 0.3) is 0 Å². The summed E-state index contributed by atoms with van der Waals surface area (Å²) in [7, 11) is 1.37. The van der Waals surface area contributed by atoms with Crippen molar-refractivity contribution in [3.63, 3.8) is 0 Å². The summed E-state index contributed by atoms with van der Waals surface area (Å²) < 4.78 is 4.66. The number of ether oxygens (including phenoxy) is 1. The molecule has 104 valence electrons. The fraction of sp³-hybridized carbons (Fsp3) is 0.385. The van der Waals surface area contributed by atoms with Gasteiger partial charge in [0.2, 0.25) is 0 Å². The highest BCUT2D eigenvalue weighted by Gasteiger charge is 2.07. The molecule has 0 heterocycles. The van der Waals surface area contributed by atoms with Crippen LogP contribution in [0.3, 0.4) is 0 Å². The smallest absolute Gasteiger partial charge is 0.312 e. The van der Waals surface area contributed by atoms with E-state index in [0.29, 0.717) is 19.6 Å². The second kappa shape index (κ2) is 8.10. The molecule has 1 aromatic rings. The zero-order valence-corrected chi connectivity index (χ0v) is 10.9. The number of hydrogen-bond acceptors (Lipinski definition) is 4. The Morgan fingerprint density at radius 1 is 1.21 bits per heavy atom. The quantitative estimate of drug-likeness (QED) is 0.483. The minimum atomic E-state index is -0.534. The van der Waals surface area contributed by atoms with E-state index in [4.69, 9.17) is 5.73 Å². The molecule has 0 aromatic heterocycles. The molecule has 4 N–H and O–H groups in total. The summed E-state index contributed by atoms with van der Waals surface area (Å²) in [5.41, 5.74) is 6.92. The van der Waals surface area contributed by atoms with Crippen molar-refractivity contribution in [3.8, 4) is 0 Å². The van der Waals surface area contributed by atoms with Crippen LogP contribution in [0.1, 0.15) is 11.1 Å². The topological polar surface area (TPSA) is 93.4 Å². The molecule has 0 saturated carbocycles. The maximum Gasteiger partial charge on any atom is 0.312 e. The van der Waals surface area contributed by atoms with Crippen molar-refractivity contribution in [3.05, 3.63) is 35.4 Å². The lowest BCUT2D eigenvalue weighted by atomic mass is 10.0. The van der Waals surface area contributed by atoms with Crippen LogP contribution in [0.15, 0.2) is 24.3 Å². The summed E-state index contributed by atoms with van der Waals surface area (Å²) in [6.07, 6.45) is 0.258. The van der Waals surface area contributed by atoms with Crippen LogP contribution in [-0.4, -0.2) is 32.2 Å². The van der Waals surface area contributed by atoms with Gasteiger partial charge in [0.05, 0.1) is 13.5 Å². The molecule has 6 nitrogen and oxygen atoms in total. The SMILES string of the molecule is COC(=O)Cc1ccccc1CNCCNC(N)=O. The van der Waals surface area contributed by atoms with Gasteiger partial charge in [0.1, 0.15) is 0 Å². The van der Waals surface area contributed by atoms with Crippen molar-refractivity contribution in [2.24, 2.45) is 5.73 Å². The van der Waals surface area contributed by atoms with Crippen molar-refractivity contribution < 1.29 is 14.3 Å². The molecular weight excluding hydrogens is 246 g/mol. The van der Waals surface area contributed by atoms with Crippen LogP contribution >= 0.6 is 0 Å². The first-order valence-corrected chi connectivity index (χ1v) is 6.01. The Bertz CT molecular complexity index is 435. The Morgan fingerprint density at radius 2 is 1.89 bits per heavy atom. The highest BCUT2D eigenvalue weighted by atomic mass is 16.5. The van der Waals surface area contributed by atoms with Crippen LogP contribution in [0, 0.1) is 0 Å². The van der Waals surface area contributed by atoms with E-state index in [2.05, 4.69) is 15.4 Å². The molecule has 0 saturated heterocycles. The number of primary amides is 1. The van der Waals surface area contributed by atoms with Crippen molar-refractivity contribution >= 4 is 12.0 Å². The number of benzene rings is 1. The Labute approximate surface area is 112 Å². The number of amides is 2. The maximum atomic E-state index is 11.3. The average Bonchev–Trinajstić information content (AvgIpc) is 2.39. The summed E-state index contributed by atoms with van der Waals surface area (Å²) in [6.45, 7) is 1.69. The number of nitrogens with one attached hydrogen (secondary N) is 2. The monoisotopic (exact) mass is 265 g/mol. The number of nitrogens with two attached hydrogens (primary N) is 1. The van der Waals surface area contributed by atoms with Gasteiger partial charge in [-0.15, -0.1) is 0 Å². The largest absolute Gasteiger partial charge is 0.469 e. The lowest BCUT2D eigenvalue weighted by Gasteiger charge is -2.10. The van der Waals surface area contributed by atoms with Crippen molar-refractivity contribution in [1.29, 1.82) is 0 Å². The van der Waals surface area contributed by atoms with E-state index in [9.17, 15) is 9.59 Å². The fourth-order valence-electron chi connectivity index (χ4n) is 1.63. The van der Waals surface area contributed by atoms with Gasteiger partial charge in [-0.2, -0.15) is 0 Å². The lowest BCUT2D eigenvalue weighted by Crippen LogP contribution is -2.35. The Hall–Kier alpha value is -2.08. The molecule has 0 radical (unpaired) electrons. The van der Waals surface area contributed by atoms with E-state index in [1.54, 1.807) is 0 Å². The molecule has 0 aliphatic carbocycles. The van der Waals surface area contributed by atoms with Gasteiger partial charge in [-0.05, 0) is 11.1 Å². The van der Waals surface area contributed by atoms with Crippen molar-refractivity contribution in [1.82, 2.24) is 10.6 Å². The third-order valence-electron chi connectivity index (χ3n) is 2.60. The summed E-state index contributed by atoms with van der Waals surface area (Å²) in [6, 6.07) is 7.12. The number of carbonyl (C=O) groups is 2. The van der Waals surface area contributed by atoms with Crippen LogP contribution in [0.5, 0.6) is 0 Å². The molecule has 2 amide bonds. The standard InChI is InChI=1S/C13H19N3O3/c1-19-12(17)8-10-4-2-3-5-11(10)9-15-6-7-16-13(14)18/h2-5,15H,6-9H2,1H3,(H3,14,16,18). The molecule has 19 heavy (non-hydrogen) atoms. The average molecular weight is 265 g/mol. The number of rotatable bonds is 7. The maximum absolute atomic E-state index is 11.3. The van der Waals surface area contributed by atoms with Crippen LogP contribution in [-0.2, 0) is 22.5 Å². The third kappa shape index (κ3) is 5.87. The van der Waals surface area contributed by atoms with Gasteiger partial charge in [0, 0.05) is 19.6 Å². The lowest BCUT2D eigenvalue weighted by molar-refractivity contribution is -0.139. The molecule has 1 rings (SSSR count). The predicted molar refractivity (Wildman–Crippen MR) is 71.5 cm³/mol. The van der Waals surface area contributed by atoms with Crippen molar-refractivity contribution in [2.45, 2.75) is 13.0 Å². The molecule has 0 aliphatic heterocycles. The number of urea groups is 1. The molecular formula is C13H19N3O3. The third-order valence-corrected chi connectivity index (χ3v) is 2.60. The summed E-state index contributed by atoms with van der Waals surface area (Å²) >= 11 is 0. The molecule has 0 atom stereocenters. The van der Waals surface area contributed by atoms with Crippen LogP contribution in [0.4, 0.5) is 4.79 Å². The van der Waals surface area contributed by atoms with Gasteiger partial charge in [-0.3, -0.25) is 4.79 Å². The van der Waals surface area contributed by atoms with Crippen LogP contribution in [0.25, 0.3) is 0 Å². The molecule has 6 heteroatoms. The Kier molecular flexibility index (Phi) is 6.38. The molecule has 0 fully saturated rings. The van der Waals surface area contributed by atoms with Gasteiger partial charge >= 0.3 is 12.0 Å². The van der Waals surface area contributed by atoms with E-state index < -0.39 is 6.03 Å². The number of hydrogen-bond donors (Lipinski definition) is 3. The zero-order valence-electron chi connectivity index (χ0n) is 10.9. The van der Waals surface area contributed by atoms with E-state index in [1.807, 2.05) is 24.3 Å². The highest BCUT2D eigenvalue weighted by molar-refractivity contribution is 5.73. The normalized spacial score (nSPS) is 9.95. The molecule has 1 aromatic carbocycles. The first-order chi connectivity index (χ1) is 9.13. The van der Waals surface area contributed by atoms with E-state index in [1.165, 1.54) is 7.11 Å². The zero-order chi connectivity index (χ0) is 14.1. The molecule has 0 aliphatic rings. The second-order valence-electron chi connectivity index (χ2n) is 3.99. The van der Waals surface area contributed by atoms with Crippen molar-refractivity contribution in [2.75, 3.05) is 20.2 Å². The minimum absolute atomic E-state index is 0.258. The molecule has 0 spiro atoms. The van der Waals surface area contributed by atoms with Gasteiger partial charge in [-0.1, -0.05) is 24.3 Å². The fourth-order valence-corrected chi connectivity index (χ4v) is 1.63. The van der Waals surface area contributed by atoms with E-state index >= 15 is 0 Å². The number of methoxy groups -OCH3 is 1. The summed E-state index contributed by atoms with van der Waals surface area (Å²) in [5.74, 6) is -0.261. The minimum Gasteiger partial charge on any atom is -0.469 e. The highest BCUT2D eigenvalue weighted by Crippen LogP contribution is 2.09. The molecule has 0 bridgehead atoms. The van der Waals surface area contributed by atoms with Crippen LogP contribution < -0.4 is 16.4 Å². The van der Waals surface area contributed by atoms with E-state index in [-0.39, 0.29) is 12.4 Å². The van der Waals surface area contributed by atoms with E-state index in [0.717, 1.165) is 11.1 Å². The number of esters is 1. The molecule has 0 unspecified atom stereocenters. The predicted octanol–water partition coefficient (Wildman–Crippen LogP) is 0.160. The summed E-state index contributed by atoms with van der Waals surface area (Å²) in [5, 5.41) is 5.66. The van der Waals surface area contributed by atoms with Gasteiger partial charge in [0.15, 0.2) is 0 Å². The Balaban J connectivity index is 2.44. The van der Waals surface area contributed by atoms with Gasteiger partial charge in [-0.25, -0.2) is 4.79 Å². The summed E-state index contributed by atoms with van der Waals surface area (Å²) in [4.78, 5) is 21.8. The van der Waals surface area contributed by atoms with Crippen LogP contribution in [0.2, 0.25) is 0 Å². The first-order valence-electron chi connectivity index (χ1n) is 6.01. The second-order valence-corrected chi connectivity index (χ2v) is 3.99. The first kappa shape index (κ1) is 15.0. The Morgan fingerprint density at radius 3 is 2.53 bits per heavy atom. The van der Waals surface area contributed by atoms with Gasteiger partial charge < -0.3 is 21.1 Å². The number of carbonyl (C=O) groups excluding carboxylic acids is 2.